The summed E-state index contributed by atoms with van der Waals surface area (Å²) in [6, 6.07) is 0. The Hall–Kier alpha value is -0.570. The first-order chi connectivity index (χ1) is 5.16. The molecule has 0 radical (unpaired) electrons. The zero-order chi connectivity index (χ0) is 8.69. The van der Waals surface area contributed by atoms with Gasteiger partial charge in [0.1, 0.15) is 0 Å². The van der Waals surface area contributed by atoms with Crippen LogP contribution in [0.15, 0.2) is 0 Å². The summed E-state index contributed by atoms with van der Waals surface area (Å²) in [4.78, 5) is 10.2. The average molecular weight is 159 g/mol. The Morgan fingerprint density at radius 3 is 2.64 bits per heavy atom. The second kappa shape index (κ2) is 6.16. The largest absolute Gasteiger partial charge is 0.481 e. The smallest absolute Gasteiger partial charge is 0.303 e. The molecule has 0 aliphatic carbocycles. The van der Waals surface area contributed by atoms with Crippen molar-refractivity contribution < 1.29 is 9.90 Å². The molecule has 0 saturated carbocycles. The Balaban J connectivity index is 3.22. The summed E-state index contributed by atoms with van der Waals surface area (Å²) in [6.07, 6.45) is 3.10. The minimum Gasteiger partial charge on any atom is -0.481 e. The summed E-state index contributed by atoms with van der Waals surface area (Å²) in [6.45, 7) is 2.77. The van der Waals surface area contributed by atoms with Crippen LogP contribution in [-0.2, 0) is 4.79 Å². The van der Waals surface area contributed by atoms with Gasteiger partial charge in [-0.3, -0.25) is 4.79 Å². The second-order valence-corrected chi connectivity index (χ2v) is 2.97. The molecule has 0 heterocycles. The molecule has 3 N–H and O–H groups in total. The van der Waals surface area contributed by atoms with Gasteiger partial charge < -0.3 is 10.8 Å². The Bertz CT molecular complexity index is 115. The van der Waals surface area contributed by atoms with Crippen LogP contribution in [0.5, 0.6) is 0 Å². The molecule has 0 saturated heterocycles. The van der Waals surface area contributed by atoms with Crippen LogP contribution < -0.4 is 5.73 Å². The third-order valence-corrected chi connectivity index (χ3v) is 1.75. The van der Waals surface area contributed by atoms with Crippen LogP contribution in [0.25, 0.3) is 0 Å². The van der Waals surface area contributed by atoms with Gasteiger partial charge >= 0.3 is 5.97 Å². The molecule has 0 bridgehead atoms. The minimum atomic E-state index is -0.704. The lowest BCUT2D eigenvalue weighted by Crippen LogP contribution is -2.04. The van der Waals surface area contributed by atoms with E-state index in [0.717, 1.165) is 19.3 Å². The number of carboxylic acids is 1. The molecule has 0 amide bonds. The SMILES string of the molecule is CC(CCCN)CCC(=O)O. The molecule has 1 unspecified atom stereocenters. The Kier molecular flexibility index (Phi) is 5.84. The van der Waals surface area contributed by atoms with E-state index in [9.17, 15) is 4.79 Å². The fourth-order valence-corrected chi connectivity index (χ4v) is 0.981. The summed E-state index contributed by atoms with van der Waals surface area (Å²) in [5, 5.41) is 8.36. The molecular formula is C8H17NO2. The number of nitrogens with two attached hydrogens (primary N) is 1. The highest BCUT2D eigenvalue weighted by Gasteiger charge is 2.03. The monoisotopic (exact) mass is 159 g/mol. The van der Waals surface area contributed by atoms with Gasteiger partial charge in [0.05, 0.1) is 0 Å². The van der Waals surface area contributed by atoms with E-state index < -0.39 is 5.97 Å². The normalized spacial score (nSPS) is 12.9. The van der Waals surface area contributed by atoms with E-state index in [-0.39, 0.29) is 6.42 Å². The molecule has 0 aromatic carbocycles. The molecular weight excluding hydrogens is 142 g/mol. The van der Waals surface area contributed by atoms with Gasteiger partial charge in [0.15, 0.2) is 0 Å². The highest BCUT2D eigenvalue weighted by molar-refractivity contribution is 5.66. The highest BCUT2D eigenvalue weighted by Crippen LogP contribution is 2.11. The summed E-state index contributed by atoms with van der Waals surface area (Å²) in [5.41, 5.74) is 5.32. The summed E-state index contributed by atoms with van der Waals surface area (Å²) in [5.74, 6) is -0.209. The van der Waals surface area contributed by atoms with Crippen molar-refractivity contribution >= 4 is 5.97 Å². The number of rotatable bonds is 6. The van der Waals surface area contributed by atoms with Crippen molar-refractivity contribution in [3.05, 3.63) is 0 Å². The molecule has 3 nitrogen and oxygen atoms in total. The summed E-state index contributed by atoms with van der Waals surface area (Å²) in [7, 11) is 0. The number of hydrogen-bond acceptors (Lipinski definition) is 2. The van der Waals surface area contributed by atoms with Gasteiger partial charge in [0.2, 0.25) is 0 Å². The first kappa shape index (κ1) is 10.4. The number of aliphatic carboxylic acids is 1. The fourth-order valence-electron chi connectivity index (χ4n) is 0.981. The maximum Gasteiger partial charge on any atom is 0.303 e. The number of carboxylic acid groups (broad SMARTS) is 1. The van der Waals surface area contributed by atoms with Crippen LogP contribution in [0.4, 0.5) is 0 Å². The molecule has 0 aromatic heterocycles. The first-order valence-corrected chi connectivity index (χ1v) is 4.08. The first-order valence-electron chi connectivity index (χ1n) is 4.08. The predicted octanol–water partition coefficient (Wildman–Crippen LogP) is 1.23. The van der Waals surface area contributed by atoms with Crippen LogP contribution in [-0.4, -0.2) is 17.6 Å². The van der Waals surface area contributed by atoms with Gasteiger partial charge in [0.25, 0.3) is 0 Å². The molecule has 0 spiro atoms. The summed E-state index contributed by atoms with van der Waals surface area (Å²) >= 11 is 0. The van der Waals surface area contributed by atoms with Crippen LogP contribution in [0, 0.1) is 5.92 Å². The molecule has 0 aliphatic rings. The van der Waals surface area contributed by atoms with E-state index in [4.69, 9.17) is 10.8 Å². The fraction of sp³-hybridized carbons (Fsp3) is 0.875. The lowest BCUT2D eigenvalue weighted by Gasteiger charge is -2.07. The standard InChI is InChI=1S/C8H17NO2/c1-7(3-2-6-9)4-5-8(10)11/h7H,2-6,9H2,1H3,(H,10,11). The van der Waals surface area contributed by atoms with Crippen molar-refractivity contribution in [2.75, 3.05) is 6.54 Å². The average Bonchev–Trinajstić information content (AvgIpc) is 1.97. The van der Waals surface area contributed by atoms with Gasteiger partial charge in [-0.15, -0.1) is 0 Å². The Morgan fingerprint density at radius 1 is 1.55 bits per heavy atom. The maximum absolute atomic E-state index is 10.2. The van der Waals surface area contributed by atoms with Crippen molar-refractivity contribution in [2.45, 2.75) is 32.6 Å². The molecule has 1 atom stereocenters. The third-order valence-electron chi connectivity index (χ3n) is 1.75. The van der Waals surface area contributed by atoms with Gasteiger partial charge in [-0.1, -0.05) is 6.92 Å². The molecule has 0 rings (SSSR count). The van der Waals surface area contributed by atoms with Crippen LogP contribution in [0.3, 0.4) is 0 Å². The lowest BCUT2D eigenvalue weighted by atomic mass is 10.00. The highest BCUT2D eigenvalue weighted by atomic mass is 16.4. The van der Waals surface area contributed by atoms with E-state index in [0.29, 0.717) is 12.5 Å². The molecule has 0 aliphatic heterocycles. The van der Waals surface area contributed by atoms with Gasteiger partial charge in [-0.2, -0.15) is 0 Å². The van der Waals surface area contributed by atoms with E-state index in [2.05, 4.69) is 6.92 Å². The van der Waals surface area contributed by atoms with Crippen molar-refractivity contribution in [1.29, 1.82) is 0 Å². The molecule has 0 fully saturated rings. The molecule has 11 heavy (non-hydrogen) atoms. The Morgan fingerprint density at radius 2 is 2.18 bits per heavy atom. The van der Waals surface area contributed by atoms with Gasteiger partial charge in [-0.05, 0) is 31.7 Å². The van der Waals surface area contributed by atoms with E-state index in [1.54, 1.807) is 0 Å². The van der Waals surface area contributed by atoms with E-state index in [1.165, 1.54) is 0 Å². The maximum atomic E-state index is 10.2. The van der Waals surface area contributed by atoms with Crippen molar-refractivity contribution in [3.8, 4) is 0 Å². The van der Waals surface area contributed by atoms with Crippen LogP contribution in [0.1, 0.15) is 32.6 Å². The zero-order valence-corrected chi connectivity index (χ0v) is 7.05. The zero-order valence-electron chi connectivity index (χ0n) is 7.05. The lowest BCUT2D eigenvalue weighted by molar-refractivity contribution is -0.137. The van der Waals surface area contributed by atoms with Crippen molar-refractivity contribution in [1.82, 2.24) is 0 Å². The molecule has 0 aromatic rings. The van der Waals surface area contributed by atoms with Crippen LogP contribution in [0.2, 0.25) is 0 Å². The number of carbonyl (C=O) groups is 1. The van der Waals surface area contributed by atoms with E-state index >= 15 is 0 Å². The Labute approximate surface area is 67.6 Å². The van der Waals surface area contributed by atoms with Crippen molar-refractivity contribution in [3.63, 3.8) is 0 Å². The molecule has 3 heteroatoms. The summed E-state index contributed by atoms with van der Waals surface area (Å²) < 4.78 is 0. The molecule has 66 valence electrons. The second-order valence-electron chi connectivity index (χ2n) is 2.97. The topological polar surface area (TPSA) is 63.3 Å². The minimum absolute atomic E-state index is 0.283. The third kappa shape index (κ3) is 7.33. The van der Waals surface area contributed by atoms with Gasteiger partial charge in [-0.25, -0.2) is 0 Å². The predicted molar refractivity (Wildman–Crippen MR) is 44.3 cm³/mol. The van der Waals surface area contributed by atoms with Crippen LogP contribution >= 0.6 is 0 Å². The van der Waals surface area contributed by atoms with Gasteiger partial charge in [0, 0.05) is 6.42 Å². The van der Waals surface area contributed by atoms with E-state index in [1.807, 2.05) is 0 Å². The van der Waals surface area contributed by atoms with Crippen molar-refractivity contribution in [2.24, 2.45) is 11.7 Å². The quantitative estimate of drug-likeness (QED) is 0.612. The number of hydrogen-bond donors (Lipinski definition) is 2.